The number of hydrogen-bond donors (Lipinski definition) is 0. The standard InChI is InChI=1S/C58H88S6/c1-5-9-13-17-21-25-29-33-37-45-43-59-55-51(45)63-53-47(39-35-31-27-23-19-15-11-7-3)49(61-57(53)55)41-42-50-48(40-36-32-28-24-20-16-12-8-4)54-58(62-50)56-52(64-54)46(44-60-56)38-34-30-26-22-18-14-10-6-2/h41-44H,5-40H2,1-4H3/b42-41+. The number of rotatable bonds is 38. The summed E-state index contributed by atoms with van der Waals surface area (Å²) < 4.78 is 12.9. The average molecular weight is 978 g/mol. The van der Waals surface area contributed by atoms with E-state index in [9.17, 15) is 0 Å². The zero-order chi connectivity index (χ0) is 44.6. The van der Waals surface area contributed by atoms with E-state index in [1.807, 2.05) is 22.7 Å². The van der Waals surface area contributed by atoms with Gasteiger partial charge < -0.3 is 0 Å². The molecule has 0 bridgehead atoms. The van der Waals surface area contributed by atoms with Crippen LogP contribution < -0.4 is 0 Å². The highest BCUT2D eigenvalue weighted by Gasteiger charge is 2.22. The van der Waals surface area contributed by atoms with E-state index in [0.717, 1.165) is 0 Å². The van der Waals surface area contributed by atoms with E-state index in [4.69, 9.17) is 0 Å². The van der Waals surface area contributed by atoms with Crippen molar-refractivity contribution in [2.75, 3.05) is 0 Å². The smallest absolute Gasteiger partial charge is 0.0638 e. The van der Waals surface area contributed by atoms with E-state index in [-0.39, 0.29) is 0 Å². The van der Waals surface area contributed by atoms with Crippen LogP contribution in [0.4, 0.5) is 0 Å². The molecule has 0 radical (unpaired) electrons. The van der Waals surface area contributed by atoms with E-state index in [2.05, 4.69) is 96.0 Å². The summed E-state index contributed by atoms with van der Waals surface area (Å²) in [5.74, 6) is 0. The molecule has 0 N–H and O–H groups in total. The Morgan fingerprint density at radius 2 is 0.562 bits per heavy atom. The van der Waals surface area contributed by atoms with E-state index >= 15 is 0 Å². The highest BCUT2D eigenvalue weighted by atomic mass is 32.1. The quantitative estimate of drug-likeness (QED) is 0.0339. The Bertz CT molecular complexity index is 2020. The topological polar surface area (TPSA) is 0 Å². The Kier molecular flexibility index (Phi) is 24.9. The Hall–Kier alpha value is -1.02. The molecule has 6 rings (SSSR count). The summed E-state index contributed by atoms with van der Waals surface area (Å²) in [6.07, 6.45) is 54.8. The largest absolute Gasteiger partial charge is 0.141 e. The van der Waals surface area contributed by atoms with E-state index < -0.39 is 0 Å². The molecule has 0 nitrogen and oxygen atoms in total. The first-order valence-corrected chi connectivity index (χ1v) is 32.3. The lowest BCUT2D eigenvalue weighted by Crippen LogP contribution is -1.88. The van der Waals surface area contributed by atoms with Gasteiger partial charge in [-0.15, -0.1) is 68.0 Å². The lowest BCUT2D eigenvalue weighted by atomic mass is 10.0. The Labute approximate surface area is 416 Å². The molecule has 0 amide bonds. The number of fused-ring (bicyclic) bond motifs is 6. The van der Waals surface area contributed by atoms with Gasteiger partial charge in [-0.25, -0.2) is 0 Å². The molecule has 0 aromatic carbocycles. The van der Waals surface area contributed by atoms with Crippen LogP contribution in [0.5, 0.6) is 0 Å². The maximum absolute atomic E-state index is 2.59. The lowest BCUT2D eigenvalue weighted by Gasteiger charge is -2.05. The summed E-state index contributed by atoms with van der Waals surface area (Å²) in [6, 6.07) is 0. The van der Waals surface area contributed by atoms with Crippen molar-refractivity contribution in [1.82, 2.24) is 0 Å². The molecule has 0 aliphatic heterocycles. The molecule has 6 heterocycles. The van der Waals surface area contributed by atoms with Crippen LogP contribution in [-0.4, -0.2) is 0 Å². The molecule has 0 atom stereocenters. The third-order valence-corrected chi connectivity index (χ3v) is 21.9. The van der Waals surface area contributed by atoms with Crippen LogP contribution in [0.1, 0.15) is 265 Å². The summed E-state index contributed by atoms with van der Waals surface area (Å²) in [5.41, 5.74) is 6.62. The zero-order valence-corrected chi connectivity index (χ0v) is 46.1. The molecule has 0 unspecified atom stereocenters. The van der Waals surface area contributed by atoms with Crippen molar-refractivity contribution in [1.29, 1.82) is 0 Å². The third kappa shape index (κ3) is 15.8. The van der Waals surface area contributed by atoms with Gasteiger partial charge in [0.15, 0.2) is 0 Å². The van der Waals surface area contributed by atoms with Gasteiger partial charge in [-0.3, -0.25) is 0 Å². The van der Waals surface area contributed by atoms with Crippen LogP contribution in [0.25, 0.3) is 49.8 Å². The first kappa shape index (κ1) is 52.4. The van der Waals surface area contributed by atoms with Crippen molar-refractivity contribution in [2.24, 2.45) is 0 Å². The Balaban J connectivity index is 1.20. The van der Waals surface area contributed by atoms with Gasteiger partial charge in [-0.1, -0.05) is 207 Å². The second kappa shape index (κ2) is 30.5. The molecule has 0 saturated carbocycles. The SMILES string of the molecule is CCCCCCCCCCc1csc2c1sc1c(CCCCCCCCCC)c(/C=C/c3sc4c(sc5c(CCCCCCCCCC)csc54)c3CCCCCCCCCC)sc12. The summed E-state index contributed by atoms with van der Waals surface area (Å²) in [6.45, 7) is 9.31. The summed E-state index contributed by atoms with van der Waals surface area (Å²) in [4.78, 5) is 3.10. The van der Waals surface area contributed by atoms with Gasteiger partial charge in [-0.2, -0.15) is 0 Å². The predicted octanol–water partition coefficient (Wildman–Crippen LogP) is 23.6. The average Bonchev–Trinajstić information content (AvgIpc) is 4.15. The molecule has 0 spiro atoms. The van der Waals surface area contributed by atoms with Gasteiger partial charge in [-0.05, 0) is 96.5 Å². The Morgan fingerprint density at radius 1 is 0.281 bits per heavy atom. The molecule has 0 aliphatic carbocycles. The number of thiophene rings is 6. The summed E-state index contributed by atoms with van der Waals surface area (Å²) in [7, 11) is 0. The molecule has 6 heteroatoms. The minimum atomic E-state index is 1.23. The van der Waals surface area contributed by atoms with Crippen LogP contribution in [0.3, 0.4) is 0 Å². The molecule has 64 heavy (non-hydrogen) atoms. The van der Waals surface area contributed by atoms with Gasteiger partial charge in [0.25, 0.3) is 0 Å². The second-order valence-electron chi connectivity index (χ2n) is 19.5. The summed E-state index contributed by atoms with van der Waals surface area (Å²) in [5, 5.41) is 5.05. The first-order valence-electron chi connectivity index (χ1n) is 27.2. The van der Waals surface area contributed by atoms with Crippen LogP contribution >= 0.6 is 68.0 Å². The molecular formula is C58H88S6. The highest BCUT2D eigenvalue weighted by molar-refractivity contribution is 7.39. The fourth-order valence-electron chi connectivity index (χ4n) is 9.96. The summed E-state index contributed by atoms with van der Waals surface area (Å²) >= 11 is 12.7. The number of unbranched alkanes of at least 4 members (excludes halogenated alkanes) is 28. The van der Waals surface area contributed by atoms with Crippen molar-refractivity contribution >= 4 is 118 Å². The first-order chi connectivity index (χ1) is 31.7. The fraction of sp³-hybridized carbons (Fsp3) is 0.690. The number of aryl methyl sites for hydroxylation is 4. The fourth-order valence-corrected chi connectivity index (χ4v) is 18.6. The van der Waals surface area contributed by atoms with Crippen LogP contribution in [0.2, 0.25) is 0 Å². The lowest BCUT2D eigenvalue weighted by molar-refractivity contribution is 0.576. The maximum Gasteiger partial charge on any atom is 0.0638 e. The van der Waals surface area contributed by atoms with E-state index in [1.165, 1.54) is 231 Å². The van der Waals surface area contributed by atoms with Crippen molar-refractivity contribution < 1.29 is 0 Å². The minimum absolute atomic E-state index is 1.23. The number of hydrogen-bond acceptors (Lipinski definition) is 6. The van der Waals surface area contributed by atoms with Gasteiger partial charge in [0.1, 0.15) is 0 Å². The van der Waals surface area contributed by atoms with Crippen molar-refractivity contribution in [3.63, 3.8) is 0 Å². The van der Waals surface area contributed by atoms with Crippen LogP contribution in [0.15, 0.2) is 10.8 Å². The molecule has 356 valence electrons. The molecule has 6 aromatic rings. The molecule has 0 fully saturated rings. The monoisotopic (exact) mass is 977 g/mol. The zero-order valence-electron chi connectivity index (χ0n) is 41.2. The van der Waals surface area contributed by atoms with Gasteiger partial charge in [0.2, 0.25) is 0 Å². The normalized spacial score (nSPS) is 12.4. The van der Waals surface area contributed by atoms with Crippen molar-refractivity contribution in [2.45, 2.75) is 259 Å². The molecule has 0 aliphatic rings. The maximum atomic E-state index is 2.59. The minimum Gasteiger partial charge on any atom is -0.141 e. The van der Waals surface area contributed by atoms with Gasteiger partial charge in [0.05, 0.1) is 37.6 Å². The third-order valence-electron chi connectivity index (χ3n) is 14.0. The van der Waals surface area contributed by atoms with Crippen molar-refractivity contribution in [3.8, 4) is 0 Å². The molecule has 6 aromatic heterocycles. The van der Waals surface area contributed by atoms with Crippen LogP contribution in [-0.2, 0) is 25.7 Å². The van der Waals surface area contributed by atoms with Gasteiger partial charge in [0, 0.05) is 9.75 Å². The van der Waals surface area contributed by atoms with Crippen molar-refractivity contribution in [3.05, 3.63) is 42.8 Å². The van der Waals surface area contributed by atoms with E-state index in [0.29, 0.717) is 0 Å². The predicted molar refractivity (Wildman–Crippen MR) is 304 cm³/mol. The van der Waals surface area contributed by atoms with Crippen LogP contribution in [0, 0.1) is 0 Å². The Morgan fingerprint density at radius 3 is 0.875 bits per heavy atom. The van der Waals surface area contributed by atoms with E-state index in [1.54, 1.807) is 69.6 Å². The van der Waals surface area contributed by atoms with Gasteiger partial charge >= 0.3 is 0 Å². The molecule has 0 saturated heterocycles. The second-order valence-corrected chi connectivity index (χ2v) is 25.4. The molecular weight excluding hydrogens is 889 g/mol. The highest BCUT2D eigenvalue weighted by Crippen LogP contribution is 2.50.